The van der Waals surface area contributed by atoms with Crippen LogP contribution in [0.15, 0.2) is 84.4 Å². The molecule has 4 aromatic rings. The Kier molecular flexibility index (Phi) is 7.89. The van der Waals surface area contributed by atoms with Gasteiger partial charge in [-0.05, 0) is 71.7 Å². The number of nitriles is 1. The largest absolute Gasteiger partial charge is 0.490 e. The van der Waals surface area contributed by atoms with Crippen LogP contribution in [0.5, 0.6) is 11.5 Å². The molecule has 0 unspecified atom stereocenters. The summed E-state index contributed by atoms with van der Waals surface area (Å²) in [5.41, 5.74) is 3.14. The van der Waals surface area contributed by atoms with E-state index < -0.39 is 5.91 Å². The van der Waals surface area contributed by atoms with Gasteiger partial charge in [-0.25, -0.2) is 0 Å². The van der Waals surface area contributed by atoms with Gasteiger partial charge < -0.3 is 14.8 Å². The van der Waals surface area contributed by atoms with Gasteiger partial charge in [0.25, 0.3) is 5.91 Å². The first kappa shape index (κ1) is 24.8. The number of halogens is 1. The molecule has 0 radical (unpaired) electrons. The molecule has 0 aliphatic rings. The molecule has 36 heavy (non-hydrogen) atoms. The third-order valence-corrected chi connectivity index (χ3v) is 5.82. The first-order valence-corrected chi connectivity index (χ1v) is 11.9. The van der Waals surface area contributed by atoms with Gasteiger partial charge in [0.05, 0.1) is 11.6 Å². The molecule has 0 spiro atoms. The fourth-order valence-corrected chi connectivity index (χ4v) is 4.15. The minimum atomic E-state index is -0.506. The maximum atomic E-state index is 12.7. The summed E-state index contributed by atoms with van der Waals surface area (Å²) in [7, 11) is 0. The molecule has 0 heterocycles. The Bertz CT molecular complexity index is 1480. The summed E-state index contributed by atoms with van der Waals surface area (Å²) < 4.78 is 11.9. The van der Waals surface area contributed by atoms with Crippen LogP contribution in [0, 0.1) is 18.3 Å². The Morgan fingerprint density at radius 2 is 1.81 bits per heavy atom. The molecule has 5 nitrogen and oxygen atoms in total. The maximum Gasteiger partial charge on any atom is 0.266 e. The quantitative estimate of drug-likeness (QED) is 0.205. The maximum absolute atomic E-state index is 12.7. The fourth-order valence-electron chi connectivity index (χ4n) is 3.88. The Balaban J connectivity index is 1.59. The number of nitrogens with one attached hydrogen (secondary N) is 1. The predicted octanol–water partition coefficient (Wildman–Crippen LogP) is 7.33. The van der Waals surface area contributed by atoms with Gasteiger partial charge >= 0.3 is 0 Å². The van der Waals surface area contributed by atoms with E-state index in [4.69, 9.17) is 21.1 Å². The standard InChI is InChI=1S/C30H25ClN2O3/c1-3-35-28-17-21(15-24(18-32)30(34)33-25-12-6-8-20(2)14-25)16-27(31)29(28)36-19-23-11-7-10-22-9-4-5-13-26(22)23/h4-17H,3,19H2,1-2H3,(H,33,34)/b24-15+. The van der Waals surface area contributed by atoms with E-state index in [0.717, 1.165) is 21.9 Å². The third-order valence-electron chi connectivity index (χ3n) is 5.54. The Labute approximate surface area is 215 Å². The highest BCUT2D eigenvalue weighted by Gasteiger charge is 2.15. The highest BCUT2D eigenvalue weighted by Crippen LogP contribution is 2.38. The minimum Gasteiger partial charge on any atom is -0.490 e. The molecule has 1 N–H and O–H groups in total. The van der Waals surface area contributed by atoms with E-state index in [0.29, 0.717) is 41.0 Å². The van der Waals surface area contributed by atoms with Crippen molar-refractivity contribution in [3.05, 3.63) is 106 Å². The smallest absolute Gasteiger partial charge is 0.266 e. The van der Waals surface area contributed by atoms with Crippen LogP contribution in [0.3, 0.4) is 0 Å². The molecule has 0 saturated heterocycles. The average Bonchev–Trinajstić information content (AvgIpc) is 2.87. The van der Waals surface area contributed by atoms with Crippen LogP contribution in [-0.2, 0) is 11.4 Å². The van der Waals surface area contributed by atoms with E-state index in [2.05, 4.69) is 23.5 Å². The van der Waals surface area contributed by atoms with Crippen LogP contribution >= 0.6 is 11.6 Å². The van der Waals surface area contributed by atoms with Gasteiger partial charge in [-0.2, -0.15) is 5.26 Å². The number of rotatable bonds is 8. The lowest BCUT2D eigenvalue weighted by Crippen LogP contribution is -2.13. The van der Waals surface area contributed by atoms with Crippen molar-refractivity contribution in [1.82, 2.24) is 0 Å². The first-order chi connectivity index (χ1) is 17.5. The molecule has 0 fully saturated rings. The summed E-state index contributed by atoms with van der Waals surface area (Å²) in [6, 6.07) is 26.9. The second-order valence-corrected chi connectivity index (χ2v) is 8.59. The van der Waals surface area contributed by atoms with Crippen molar-refractivity contribution in [2.24, 2.45) is 0 Å². The van der Waals surface area contributed by atoms with Crippen molar-refractivity contribution in [2.45, 2.75) is 20.5 Å². The van der Waals surface area contributed by atoms with Crippen molar-refractivity contribution >= 4 is 40.0 Å². The summed E-state index contributed by atoms with van der Waals surface area (Å²) in [6.07, 6.45) is 1.48. The van der Waals surface area contributed by atoms with Crippen molar-refractivity contribution in [1.29, 1.82) is 5.26 Å². The van der Waals surface area contributed by atoms with Crippen molar-refractivity contribution in [2.75, 3.05) is 11.9 Å². The molecule has 0 saturated carbocycles. The van der Waals surface area contributed by atoms with Gasteiger partial charge in [-0.15, -0.1) is 0 Å². The molecule has 4 aromatic carbocycles. The predicted molar refractivity (Wildman–Crippen MR) is 144 cm³/mol. The van der Waals surface area contributed by atoms with Crippen molar-refractivity contribution in [3.8, 4) is 17.6 Å². The van der Waals surface area contributed by atoms with Crippen molar-refractivity contribution in [3.63, 3.8) is 0 Å². The van der Waals surface area contributed by atoms with Gasteiger partial charge in [0.2, 0.25) is 0 Å². The number of hydrogen-bond donors (Lipinski definition) is 1. The zero-order valence-electron chi connectivity index (χ0n) is 20.0. The number of carbonyl (C=O) groups is 1. The first-order valence-electron chi connectivity index (χ1n) is 11.5. The number of carbonyl (C=O) groups excluding carboxylic acids is 1. The summed E-state index contributed by atoms with van der Waals surface area (Å²) in [5.74, 6) is 0.340. The molecule has 0 aromatic heterocycles. The van der Waals surface area contributed by atoms with Gasteiger partial charge in [0, 0.05) is 5.69 Å². The fraction of sp³-hybridized carbons (Fsp3) is 0.133. The van der Waals surface area contributed by atoms with Crippen LogP contribution in [0.25, 0.3) is 16.8 Å². The number of hydrogen-bond acceptors (Lipinski definition) is 4. The van der Waals surface area contributed by atoms with E-state index in [1.165, 1.54) is 6.08 Å². The number of nitrogens with zero attached hydrogens (tertiary/aromatic N) is 1. The number of ether oxygens (including phenoxy) is 2. The molecule has 4 rings (SSSR count). The highest BCUT2D eigenvalue weighted by molar-refractivity contribution is 6.32. The lowest BCUT2D eigenvalue weighted by atomic mass is 10.1. The molecular weight excluding hydrogens is 472 g/mol. The minimum absolute atomic E-state index is 0.0561. The summed E-state index contributed by atoms with van der Waals surface area (Å²) in [6.45, 7) is 4.49. The van der Waals surface area contributed by atoms with E-state index in [1.54, 1.807) is 18.2 Å². The second-order valence-electron chi connectivity index (χ2n) is 8.18. The van der Waals surface area contributed by atoms with Crippen LogP contribution < -0.4 is 14.8 Å². The molecule has 0 atom stereocenters. The normalized spacial score (nSPS) is 11.1. The number of benzene rings is 4. The topological polar surface area (TPSA) is 71.3 Å². The van der Waals surface area contributed by atoms with E-state index in [-0.39, 0.29) is 5.57 Å². The third kappa shape index (κ3) is 5.86. The van der Waals surface area contributed by atoms with Crippen LogP contribution in [0.4, 0.5) is 5.69 Å². The molecule has 0 aliphatic carbocycles. The van der Waals surface area contributed by atoms with Gasteiger partial charge in [-0.3, -0.25) is 4.79 Å². The van der Waals surface area contributed by atoms with E-state index in [9.17, 15) is 10.1 Å². The van der Waals surface area contributed by atoms with Gasteiger partial charge in [-0.1, -0.05) is 66.2 Å². The highest BCUT2D eigenvalue weighted by atomic mass is 35.5. The molecular formula is C30H25ClN2O3. The number of fused-ring (bicyclic) bond motifs is 1. The number of amides is 1. The molecule has 1 amide bonds. The summed E-state index contributed by atoms with van der Waals surface area (Å²) >= 11 is 6.59. The summed E-state index contributed by atoms with van der Waals surface area (Å²) in [4.78, 5) is 12.7. The van der Waals surface area contributed by atoms with E-state index >= 15 is 0 Å². The second kappa shape index (κ2) is 11.4. The molecule has 6 heteroatoms. The molecule has 180 valence electrons. The van der Waals surface area contributed by atoms with Gasteiger partial charge in [0.15, 0.2) is 11.5 Å². The summed E-state index contributed by atoms with van der Waals surface area (Å²) in [5, 5.41) is 14.9. The Morgan fingerprint density at radius 1 is 1.03 bits per heavy atom. The van der Waals surface area contributed by atoms with Crippen LogP contribution in [0.2, 0.25) is 5.02 Å². The zero-order valence-corrected chi connectivity index (χ0v) is 20.8. The number of anilines is 1. The zero-order chi connectivity index (χ0) is 25.5. The lowest BCUT2D eigenvalue weighted by molar-refractivity contribution is -0.112. The van der Waals surface area contributed by atoms with E-state index in [1.807, 2.05) is 62.4 Å². The molecule has 0 bridgehead atoms. The lowest BCUT2D eigenvalue weighted by Gasteiger charge is -2.15. The van der Waals surface area contributed by atoms with Crippen molar-refractivity contribution < 1.29 is 14.3 Å². The monoisotopic (exact) mass is 496 g/mol. The average molecular weight is 497 g/mol. The molecule has 0 aliphatic heterocycles. The SMILES string of the molecule is CCOc1cc(/C=C(\C#N)C(=O)Nc2cccc(C)c2)cc(Cl)c1OCc1cccc2ccccc12. The van der Waals surface area contributed by atoms with Crippen LogP contribution in [0.1, 0.15) is 23.6 Å². The number of aryl methyl sites for hydroxylation is 1. The van der Waals surface area contributed by atoms with Crippen LogP contribution in [-0.4, -0.2) is 12.5 Å². The Morgan fingerprint density at radius 3 is 2.58 bits per heavy atom. The Hall–Kier alpha value is -4.27. The van der Waals surface area contributed by atoms with Gasteiger partial charge in [0.1, 0.15) is 18.2 Å².